The normalized spacial score (nSPS) is 17.0. The molecule has 1 saturated heterocycles. The first-order chi connectivity index (χ1) is 12.1. The summed E-state index contributed by atoms with van der Waals surface area (Å²) in [7, 11) is 0. The molecule has 2 rings (SSSR count). The Kier molecular flexibility index (Phi) is 7.88. The molecule has 1 aromatic rings. The van der Waals surface area contributed by atoms with Gasteiger partial charge in [0.25, 0.3) is 5.91 Å². The molecule has 6 nitrogen and oxygen atoms in total. The van der Waals surface area contributed by atoms with Crippen LogP contribution in [0.2, 0.25) is 0 Å². The maximum atomic E-state index is 12.0. The van der Waals surface area contributed by atoms with Crippen LogP contribution in [0.3, 0.4) is 0 Å². The van der Waals surface area contributed by atoms with E-state index in [0.29, 0.717) is 6.54 Å². The second-order valence-corrected chi connectivity index (χ2v) is 6.46. The molecule has 1 amide bonds. The molecule has 0 aromatic heterocycles. The van der Waals surface area contributed by atoms with Crippen molar-refractivity contribution in [3.05, 3.63) is 35.9 Å². The van der Waals surface area contributed by atoms with Crippen LogP contribution in [0.1, 0.15) is 25.8 Å². The van der Waals surface area contributed by atoms with Crippen molar-refractivity contribution in [1.29, 1.82) is 0 Å². The third-order valence-corrected chi connectivity index (χ3v) is 4.29. The molecule has 0 aliphatic carbocycles. The fourth-order valence-electron chi connectivity index (χ4n) is 2.81. The molecule has 1 aliphatic heterocycles. The Labute approximate surface area is 150 Å². The van der Waals surface area contributed by atoms with E-state index in [1.807, 2.05) is 13.0 Å². The molecular weight excluding hydrogens is 318 g/mol. The van der Waals surface area contributed by atoms with E-state index in [-0.39, 0.29) is 18.4 Å². The van der Waals surface area contributed by atoms with Gasteiger partial charge in [0.15, 0.2) is 6.10 Å². The van der Waals surface area contributed by atoms with E-state index in [4.69, 9.17) is 4.74 Å². The van der Waals surface area contributed by atoms with E-state index in [9.17, 15) is 9.59 Å². The summed E-state index contributed by atoms with van der Waals surface area (Å²) in [6.07, 6.45) is 0.123. The van der Waals surface area contributed by atoms with Gasteiger partial charge in [0, 0.05) is 39.3 Å². The van der Waals surface area contributed by atoms with E-state index in [2.05, 4.69) is 39.4 Å². The molecule has 1 heterocycles. The van der Waals surface area contributed by atoms with E-state index in [1.54, 1.807) is 6.92 Å². The van der Waals surface area contributed by atoms with Crippen molar-refractivity contribution in [2.24, 2.45) is 0 Å². The number of rotatable bonds is 8. The summed E-state index contributed by atoms with van der Waals surface area (Å²) < 4.78 is 5.23. The number of nitrogens with zero attached hydrogens (tertiary/aromatic N) is 2. The van der Waals surface area contributed by atoms with Crippen LogP contribution >= 0.6 is 0 Å². The van der Waals surface area contributed by atoms with Crippen molar-refractivity contribution in [3.63, 3.8) is 0 Å². The molecule has 0 bridgehead atoms. The molecule has 1 atom stereocenters. The van der Waals surface area contributed by atoms with Crippen LogP contribution in [-0.2, 0) is 20.9 Å². The Morgan fingerprint density at radius 3 is 2.40 bits per heavy atom. The average Bonchev–Trinajstić information content (AvgIpc) is 2.62. The van der Waals surface area contributed by atoms with Gasteiger partial charge in [-0.25, -0.2) is 0 Å². The van der Waals surface area contributed by atoms with Gasteiger partial charge in [-0.05, 0) is 18.9 Å². The molecule has 1 aromatic carbocycles. The van der Waals surface area contributed by atoms with Crippen molar-refractivity contribution >= 4 is 11.9 Å². The standard InChI is InChI=1S/C19H29N3O3/c1-3-9-20-19(24)16(2)25-18(23)15-22-12-10-21(11-13-22)14-17-7-5-4-6-8-17/h4-8,16H,3,9-15H2,1-2H3,(H,20,24)/t16-/m1/s1. The number of piperazine rings is 1. The van der Waals surface area contributed by atoms with Gasteiger partial charge in [-0.3, -0.25) is 19.4 Å². The number of esters is 1. The molecule has 0 unspecified atom stereocenters. The minimum Gasteiger partial charge on any atom is -0.452 e. The summed E-state index contributed by atoms with van der Waals surface area (Å²) in [5.74, 6) is -0.571. The van der Waals surface area contributed by atoms with Crippen molar-refractivity contribution < 1.29 is 14.3 Å². The molecule has 25 heavy (non-hydrogen) atoms. The molecule has 0 spiro atoms. The van der Waals surface area contributed by atoms with Crippen LogP contribution in [-0.4, -0.2) is 67.0 Å². The van der Waals surface area contributed by atoms with Crippen molar-refractivity contribution in [2.45, 2.75) is 32.9 Å². The van der Waals surface area contributed by atoms with Gasteiger partial charge >= 0.3 is 5.97 Å². The van der Waals surface area contributed by atoms with Crippen molar-refractivity contribution in [3.8, 4) is 0 Å². The number of benzene rings is 1. The second kappa shape index (κ2) is 10.2. The summed E-state index contributed by atoms with van der Waals surface area (Å²) in [4.78, 5) is 28.2. The number of carbonyl (C=O) groups excluding carboxylic acids is 2. The third-order valence-electron chi connectivity index (χ3n) is 4.29. The van der Waals surface area contributed by atoms with E-state index in [1.165, 1.54) is 5.56 Å². The minimum absolute atomic E-state index is 0.233. The van der Waals surface area contributed by atoms with Crippen LogP contribution in [0.5, 0.6) is 0 Å². The summed E-state index contributed by atoms with van der Waals surface area (Å²) in [6.45, 7) is 8.89. The first-order valence-corrected chi connectivity index (χ1v) is 9.04. The van der Waals surface area contributed by atoms with Crippen LogP contribution in [0, 0.1) is 0 Å². The van der Waals surface area contributed by atoms with E-state index < -0.39 is 6.10 Å². The van der Waals surface area contributed by atoms with E-state index in [0.717, 1.165) is 39.1 Å². The molecular formula is C19H29N3O3. The monoisotopic (exact) mass is 347 g/mol. The first kappa shape index (κ1) is 19.4. The second-order valence-electron chi connectivity index (χ2n) is 6.46. The van der Waals surface area contributed by atoms with Crippen LogP contribution in [0.15, 0.2) is 30.3 Å². The largest absolute Gasteiger partial charge is 0.452 e. The van der Waals surface area contributed by atoms with Crippen LogP contribution < -0.4 is 5.32 Å². The van der Waals surface area contributed by atoms with Gasteiger partial charge < -0.3 is 10.1 Å². The van der Waals surface area contributed by atoms with Gasteiger partial charge in [0.1, 0.15) is 0 Å². The number of hydrogen-bond acceptors (Lipinski definition) is 5. The highest BCUT2D eigenvalue weighted by Crippen LogP contribution is 2.08. The SMILES string of the molecule is CCCNC(=O)[C@@H](C)OC(=O)CN1CCN(Cc2ccccc2)CC1. The number of nitrogens with one attached hydrogen (secondary N) is 1. The van der Waals surface area contributed by atoms with Crippen LogP contribution in [0.25, 0.3) is 0 Å². The topological polar surface area (TPSA) is 61.9 Å². The Balaban J connectivity index is 1.67. The van der Waals surface area contributed by atoms with Gasteiger partial charge in [-0.2, -0.15) is 0 Å². The molecule has 6 heteroatoms. The third kappa shape index (κ3) is 6.84. The maximum Gasteiger partial charge on any atom is 0.320 e. The smallest absolute Gasteiger partial charge is 0.320 e. The molecule has 1 aliphatic rings. The van der Waals surface area contributed by atoms with E-state index >= 15 is 0 Å². The fraction of sp³-hybridized carbons (Fsp3) is 0.579. The Morgan fingerprint density at radius 1 is 1.12 bits per heavy atom. The summed E-state index contributed by atoms with van der Waals surface area (Å²) in [6, 6.07) is 10.4. The highest BCUT2D eigenvalue weighted by molar-refractivity contribution is 5.83. The lowest BCUT2D eigenvalue weighted by Gasteiger charge is -2.34. The summed E-state index contributed by atoms with van der Waals surface area (Å²) >= 11 is 0. The summed E-state index contributed by atoms with van der Waals surface area (Å²) in [5, 5.41) is 2.73. The Hall–Kier alpha value is -1.92. The molecule has 0 radical (unpaired) electrons. The lowest BCUT2D eigenvalue weighted by molar-refractivity contribution is -0.156. The fourth-order valence-corrected chi connectivity index (χ4v) is 2.81. The highest BCUT2D eigenvalue weighted by atomic mass is 16.5. The van der Waals surface area contributed by atoms with Gasteiger partial charge in [-0.1, -0.05) is 37.3 Å². The minimum atomic E-state index is -0.738. The van der Waals surface area contributed by atoms with Gasteiger partial charge in [0.05, 0.1) is 6.54 Å². The average molecular weight is 347 g/mol. The highest BCUT2D eigenvalue weighted by Gasteiger charge is 2.22. The zero-order chi connectivity index (χ0) is 18.1. The molecule has 0 saturated carbocycles. The lowest BCUT2D eigenvalue weighted by Crippen LogP contribution is -2.48. The maximum absolute atomic E-state index is 12.0. The molecule has 138 valence electrons. The summed E-state index contributed by atoms with van der Waals surface area (Å²) in [5.41, 5.74) is 1.31. The van der Waals surface area contributed by atoms with Crippen molar-refractivity contribution in [2.75, 3.05) is 39.3 Å². The molecule has 1 N–H and O–H groups in total. The lowest BCUT2D eigenvalue weighted by atomic mass is 10.2. The predicted molar refractivity (Wildman–Crippen MR) is 97.0 cm³/mol. The Morgan fingerprint density at radius 2 is 1.76 bits per heavy atom. The Bertz CT molecular complexity index is 542. The number of carbonyl (C=O) groups is 2. The zero-order valence-electron chi connectivity index (χ0n) is 15.2. The number of hydrogen-bond donors (Lipinski definition) is 1. The first-order valence-electron chi connectivity index (χ1n) is 9.04. The number of amides is 1. The quantitative estimate of drug-likeness (QED) is 0.718. The van der Waals surface area contributed by atoms with Gasteiger partial charge in [0.2, 0.25) is 0 Å². The van der Waals surface area contributed by atoms with Gasteiger partial charge in [-0.15, -0.1) is 0 Å². The zero-order valence-corrected chi connectivity index (χ0v) is 15.2. The molecule has 1 fully saturated rings. The van der Waals surface area contributed by atoms with Crippen molar-refractivity contribution in [1.82, 2.24) is 15.1 Å². The van der Waals surface area contributed by atoms with Crippen LogP contribution in [0.4, 0.5) is 0 Å². The predicted octanol–water partition coefficient (Wildman–Crippen LogP) is 1.26. The number of ether oxygens (including phenoxy) is 1.